The van der Waals surface area contributed by atoms with E-state index in [-0.39, 0.29) is 18.7 Å². The van der Waals surface area contributed by atoms with Gasteiger partial charge in [-0.25, -0.2) is 9.78 Å². The highest BCUT2D eigenvalue weighted by Gasteiger charge is 2.15. The number of fused-ring (bicyclic) bond motifs is 1. The minimum Gasteiger partial charge on any atom is -0.396 e. The molecule has 2 aromatic heterocycles. The number of aliphatic hydroxyl groups excluding tert-OH is 1. The number of aromatic amines is 1. The Morgan fingerprint density at radius 2 is 1.91 bits per heavy atom. The van der Waals surface area contributed by atoms with Crippen molar-refractivity contribution in [2.75, 3.05) is 6.61 Å². The number of rotatable bonds is 5. The third-order valence-electron chi connectivity index (χ3n) is 3.80. The van der Waals surface area contributed by atoms with Gasteiger partial charge in [-0.15, -0.1) is 0 Å². The maximum absolute atomic E-state index is 12.7. The summed E-state index contributed by atoms with van der Waals surface area (Å²) in [5.41, 5.74) is 0.842. The van der Waals surface area contributed by atoms with Gasteiger partial charge >= 0.3 is 5.69 Å². The number of imidazole rings is 1. The molecule has 0 radical (unpaired) electrons. The molecule has 0 aliphatic rings. The van der Waals surface area contributed by atoms with E-state index in [9.17, 15) is 9.59 Å². The minimum atomic E-state index is -0.500. The summed E-state index contributed by atoms with van der Waals surface area (Å²) < 4.78 is 2.92. The molecule has 2 N–H and O–H groups in total. The fourth-order valence-electron chi connectivity index (χ4n) is 2.65. The molecule has 120 valence electrons. The highest BCUT2D eigenvalue weighted by Crippen LogP contribution is 2.12. The lowest BCUT2D eigenvalue weighted by Crippen LogP contribution is -2.36. The Hall–Kier alpha value is -2.67. The first-order chi connectivity index (χ1) is 11.1. The van der Waals surface area contributed by atoms with E-state index in [1.54, 1.807) is 11.5 Å². The molecule has 3 aromatic rings. The van der Waals surface area contributed by atoms with Crippen LogP contribution < -0.4 is 11.2 Å². The Balaban J connectivity index is 2.16. The van der Waals surface area contributed by atoms with Gasteiger partial charge in [0.2, 0.25) is 0 Å². The zero-order chi connectivity index (χ0) is 16.4. The predicted molar refractivity (Wildman–Crippen MR) is 86.6 cm³/mol. The molecule has 7 nitrogen and oxygen atoms in total. The zero-order valence-electron chi connectivity index (χ0n) is 12.8. The van der Waals surface area contributed by atoms with E-state index >= 15 is 0 Å². The second-order valence-corrected chi connectivity index (χ2v) is 5.39. The number of H-pyrrole nitrogens is 1. The summed E-state index contributed by atoms with van der Waals surface area (Å²) in [4.78, 5) is 31.6. The van der Waals surface area contributed by atoms with Crippen LogP contribution >= 0.6 is 0 Å². The van der Waals surface area contributed by atoms with Crippen molar-refractivity contribution in [1.82, 2.24) is 19.1 Å². The first-order valence-corrected chi connectivity index (χ1v) is 7.46. The molecule has 0 saturated heterocycles. The lowest BCUT2D eigenvalue weighted by atomic mass is 10.2. The maximum Gasteiger partial charge on any atom is 0.330 e. The van der Waals surface area contributed by atoms with Gasteiger partial charge in [0.25, 0.3) is 5.56 Å². The van der Waals surface area contributed by atoms with Crippen LogP contribution in [0.4, 0.5) is 0 Å². The quantitative estimate of drug-likeness (QED) is 0.722. The van der Waals surface area contributed by atoms with Crippen molar-refractivity contribution in [2.24, 2.45) is 0 Å². The van der Waals surface area contributed by atoms with Gasteiger partial charge in [-0.1, -0.05) is 30.3 Å². The fraction of sp³-hybridized carbons (Fsp3) is 0.312. The molecule has 0 aliphatic carbocycles. The Kier molecular flexibility index (Phi) is 4.12. The largest absolute Gasteiger partial charge is 0.396 e. The third kappa shape index (κ3) is 2.83. The Morgan fingerprint density at radius 3 is 2.61 bits per heavy atom. The summed E-state index contributed by atoms with van der Waals surface area (Å²) in [6.07, 6.45) is 0.348. The van der Waals surface area contributed by atoms with Gasteiger partial charge in [0.1, 0.15) is 5.82 Å². The normalized spacial score (nSPS) is 11.2. The molecule has 0 unspecified atom stereocenters. The van der Waals surface area contributed by atoms with Gasteiger partial charge in [0.05, 0.1) is 0 Å². The van der Waals surface area contributed by atoms with Crippen molar-refractivity contribution >= 4 is 11.2 Å². The number of aliphatic hydroxyl groups is 1. The lowest BCUT2D eigenvalue weighted by molar-refractivity contribution is 0.278. The number of hydrogen-bond acceptors (Lipinski definition) is 4. The van der Waals surface area contributed by atoms with Crippen LogP contribution in [0.2, 0.25) is 0 Å². The van der Waals surface area contributed by atoms with Gasteiger partial charge < -0.3 is 9.67 Å². The number of aryl methyl sites for hydroxylation is 1. The summed E-state index contributed by atoms with van der Waals surface area (Å²) in [6, 6.07) is 9.75. The van der Waals surface area contributed by atoms with Crippen LogP contribution in [-0.2, 0) is 13.1 Å². The van der Waals surface area contributed by atoms with Crippen LogP contribution in [0.15, 0.2) is 39.9 Å². The van der Waals surface area contributed by atoms with Crippen LogP contribution in [0.3, 0.4) is 0 Å². The van der Waals surface area contributed by atoms with Gasteiger partial charge in [0.15, 0.2) is 11.2 Å². The van der Waals surface area contributed by atoms with E-state index in [1.165, 1.54) is 0 Å². The van der Waals surface area contributed by atoms with E-state index in [4.69, 9.17) is 5.11 Å². The molecule has 0 amide bonds. The van der Waals surface area contributed by atoms with Crippen molar-refractivity contribution in [2.45, 2.75) is 26.4 Å². The van der Waals surface area contributed by atoms with Crippen LogP contribution in [0, 0.1) is 6.92 Å². The van der Waals surface area contributed by atoms with E-state index in [0.717, 1.165) is 10.1 Å². The summed E-state index contributed by atoms with van der Waals surface area (Å²) in [5, 5.41) is 8.93. The number of hydrogen-bond donors (Lipinski definition) is 2. The average Bonchev–Trinajstić information content (AvgIpc) is 2.84. The van der Waals surface area contributed by atoms with Crippen LogP contribution in [0.25, 0.3) is 11.2 Å². The summed E-state index contributed by atoms with van der Waals surface area (Å²) >= 11 is 0. The number of benzene rings is 1. The highest BCUT2D eigenvalue weighted by molar-refractivity contribution is 5.70. The first-order valence-electron chi connectivity index (χ1n) is 7.46. The van der Waals surface area contributed by atoms with Crippen molar-refractivity contribution in [3.8, 4) is 0 Å². The van der Waals surface area contributed by atoms with Gasteiger partial charge in [-0.05, 0) is 18.9 Å². The summed E-state index contributed by atoms with van der Waals surface area (Å²) in [7, 11) is 0. The van der Waals surface area contributed by atoms with Crippen molar-refractivity contribution < 1.29 is 5.11 Å². The van der Waals surface area contributed by atoms with Gasteiger partial charge in [-0.2, -0.15) is 0 Å². The fourth-order valence-corrected chi connectivity index (χ4v) is 2.65. The molecular formula is C16H18N4O3. The van der Waals surface area contributed by atoms with E-state index in [0.29, 0.717) is 30.0 Å². The third-order valence-corrected chi connectivity index (χ3v) is 3.80. The summed E-state index contributed by atoms with van der Waals surface area (Å²) in [6.45, 7) is 2.41. The average molecular weight is 314 g/mol. The van der Waals surface area contributed by atoms with E-state index < -0.39 is 5.69 Å². The van der Waals surface area contributed by atoms with Gasteiger partial charge in [-0.3, -0.25) is 14.3 Å². The van der Waals surface area contributed by atoms with Crippen molar-refractivity contribution in [3.05, 3.63) is 62.6 Å². The molecule has 0 saturated carbocycles. The lowest BCUT2D eigenvalue weighted by Gasteiger charge is -2.08. The molecule has 23 heavy (non-hydrogen) atoms. The number of nitrogens with one attached hydrogen (secondary N) is 1. The zero-order valence-corrected chi connectivity index (χ0v) is 12.8. The molecule has 0 aliphatic heterocycles. The highest BCUT2D eigenvalue weighted by atomic mass is 16.3. The standard InChI is InChI=1S/C16H18N4O3/c1-11-17-14-13(20(11)10-12-6-3-2-4-7-12)15(22)19(8-5-9-21)16(23)18-14/h2-4,6-7,21H,5,8-10H2,1H3,(H,18,23). The van der Waals surface area contributed by atoms with Crippen LogP contribution in [0.1, 0.15) is 17.8 Å². The van der Waals surface area contributed by atoms with Crippen molar-refractivity contribution in [1.29, 1.82) is 0 Å². The molecule has 0 fully saturated rings. The Bertz CT molecular complexity index is 938. The monoisotopic (exact) mass is 314 g/mol. The van der Waals surface area contributed by atoms with E-state index in [1.807, 2.05) is 30.3 Å². The number of nitrogens with zero attached hydrogens (tertiary/aromatic N) is 3. The minimum absolute atomic E-state index is 0.0772. The molecule has 0 atom stereocenters. The number of aromatic nitrogens is 4. The Morgan fingerprint density at radius 1 is 1.17 bits per heavy atom. The molecule has 2 heterocycles. The molecular weight excluding hydrogens is 296 g/mol. The molecule has 1 aromatic carbocycles. The second kappa shape index (κ2) is 6.21. The topological polar surface area (TPSA) is 92.9 Å². The Labute approximate surface area is 131 Å². The molecule has 7 heteroatoms. The van der Waals surface area contributed by atoms with E-state index in [2.05, 4.69) is 9.97 Å². The van der Waals surface area contributed by atoms with Crippen LogP contribution in [0.5, 0.6) is 0 Å². The first kappa shape index (κ1) is 15.2. The van der Waals surface area contributed by atoms with Crippen LogP contribution in [-0.4, -0.2) is 30.8 Å². The maximum atomic E-state index is 12.7. The SMILES string of the molecule is Cc1nc2[nH]c(=O)n(CCCO)c(=O)c2n1Cc1ccccc1. The molecule has 0 bridgehead atoms. The second-order valence-electron chi connectivity index (χ2n) is 5.39. The van der Waals surface area contributed by atoms with Gasteiger partial charge in [0, 0.05) is 19.7 Å². The smallest absolute Gasteiger partial charge is 0.330 e. The molecule has 3 rings (SSSR count). The predicted octanol–water partition coefficient (Wildman–Crippen LogP) is 0.625. The summed E-state index contributed by atoms with van der Waals surface area (Å²) in [5.74, 6) is 0.663. The molecule has 0 spiro atoms. The van der Waals surface area contributed by atoms with Crippen molar-refractivity contribution in [3.63, 3.8) is 0 Å².